The first-order valence-electron chi connectivity index (χ1n) is 8.23. The van der Waals surface area contributed by atoms with Crippen LogP contribution in [-0.2, 0) is 9.53 Å². The zero-order valence-corrected chi connectivity index (χ0v) is 14.6. The SMILES string of the molecule is COc1cc(C(O)C[C@H]2O[C@H](CO)[C@H](O)[C@H](O)[C@H]2NC(C)=O)ccc1O. The summed E-state index contributed by atoms with van der Waals surface area (Å²) in [5.74, 6) is -0.321. The maximum absolute atomic E-state index is 11.4. The summed E-state index contributed by atoms with van der Waals surface area (Å²) in [7, 11) is 1.38. The van der Waals surface area contributed by atoms with Crippen LogP contribution in [0.15, 0.2) is 18.2 Å². The van der Waals surface area contributed by atoms with Crippen molar-refractivity contribution in [2.45, 2.75) is 49.9 Å². The van der Waals surface area contributed by atoms with E-state index in [1.165, 1.54) is 32.2 Å². The standard InChI is InChI=1S/C17H25NO8/c1-8(20)18-15-13(26-14(7-19)16(23)17(15)24)6-11(22)9-3-4-10(21)12(5-9)25-2/h3-5,11,13-17,19,21-24H,6-7H2,1-2H3,(H,18,20)/t11?,13-,14-,15+,16+,17-/m1/s1. The quantitative estimate of drug-likeness (QED) is 0.366. The van der Waals surface area contributed by atoms with Gasteiger partial charge in [-0.05, 0) is 17.7 Å². The topological polar surface area (TPSA) is 149 Å². The number of phenolic OH excluding ortho intramolecular Hbond substituents is 1. The van der Waals surface area contributed by atoms with Crippen LogP contribution in [0.2, 0.25) is 0 Å². The van der Waals surface area contributed by atoms with Crippen LogP contribution in [0, 0.1) is 0 Å². The van der Waals surface area contributed by atoms with Crippen molar-refractivity contribution in [3.8, 4) is 11.5 Å². The predicted molar refractivity (Wildman–Crippen MR) is 89.6 cm³/mol. The second-order valence-electron chi connectivity index (χ2n) is 6.29. The van der Waals surface area contributed by atoms with E-state index in [4.69, 9.17) is 9.47 Å². The molecule has 26 heavy (non-hydrogen) atoms. The summed E-state index contributed by atoms with van der Waals surface area (Å²) in [5, 5.41) is 52.3. The van der Waals surface area contributed by atoms with Crippen LogP contribution in [0.4, 0.5) is 0 Å². The lowest BCUT2D eigenvalue weighted by Crippen LogP contribution is -2.64. The van der Waals surface area contributed by atoms with Gasteiger partial charge in [0.05, 0.1) is 32.0 Å². The average molecular weight is 371 g/mol. The third-order valence-corrected chi connectivity index (χ3v) is 4.44. The number of benzene rings is 1. The number of phenols is 1. The molecule has 0 radical (unpaired) electrons. The van der Waals surface area contributed by atoms with Crippen LogP contribution in [-0.4, -0.2) is 75.6 Å². The van der Waals surface area contributed by atoms with Gasteiger partial charge in [-0.15, -0.1) is 0 Å². The molecule has 1 unspecified atom stereocenters. The highest BCUT2D eigenvalue weighted by Crippen LogP contribution is 2.33. The van der Waals surface area contributed by atoms with Crippen LogP contribution in [0.5, 0.6) is 11.5 Å². The Balaban J connectivity index is 2.20. The number of amides is 1. The number of carbonyl (C=O) groups is 1. The van der Waals surface area contributed by atoms with E-state index in [1.807, 2.05) is 0 Å². The second-order valence-corrected chi connectivity index (χ2v) is 6.29. The molecular weight excluding hydrogens is 346 g/mol. The molecule has 0 bridgehead atoms. The van der Waals surface area contributed by atoms with Gasteiger partial charge in [0.15, 0.2) is 11.5 Å². The van der Waals surface area contributed by atoms with Crippen molar-refractivity contribution in [3.63, 3.8) is 0 Å². The Bertz CT molecular complexity index is 625. The number of hydrogen-bond acceptors (Lipinski definition) is 8. The highest BCUT2D eigenvalue weighted by atomic mass is 16.5. The van der Waals surface area contributed by atoms with Crippen molar-refractivity contribution in [1.29, 1.82) is 0 Å². The summed E-state index contributed by atoms with van der Waals surface area (Å²) >= 11 is 0. The molecule has 1 aromatic rings. The van der Waals surface area contributed by atoms with Gasteiger partial charge in [0.2, 0.25) is 5.91 Å². The molecule has 9 nitrogen and oxygen atoms in total. The number of rotatable bonds is 6. The summed E-state index contributed by atoms with van der Waals surface area (Å²) in [6.45, 7) is 0.736. The molecule has 1 heterocycles. The number of hydrogen-bond donors (Lipinski definition) is 6. The fourth-order valence-corrected chi connectivity index (χ4v) is 3.07. The molecule has 1 amide bonds. The van der Waals surface area contributed by atoms with Gasteiger partial charge in [0.25, 0.3) is 0 Å². The fraction of sp³-hybridized carbons (Fsp3) is 0.588. The Morgan fingerprint density at radius 2 is 2.00 bits per heavy atom. The average Bonchev–Trinajstić information content (AvgIpc) is 2.61. The van der Waals surface area contributed by atoms with Crippen LogP contribution >= 0.6 is 0 Å². The Morgan fingerprint density at radius 3 is 2.58 bits per heavy atom. The highest BCUT2D eigenvalue weighted by molar-refractivity contribution is 5.73. The van der Waals surface area contributed by atoms with Gasteiger partial charge in [-0.3, -0.25) is 4.79 Å². The first-order chi connectivity index (χ1) is 12.3. The number of carbonyl (C=O) groups excluding carboxylic acids is 1. The normalized spacial score (nSPS) is 29.8. The molecule has 1 saturated heterocycles. The van der Waals surface area contributed by atoms with Crippen molar-refractivity contribution in [2.75, 3.05) is 13.7 Å². The summed E-state index contributed by atoms with van der Waals surface area (Å²) in [5.41, 5.74) is 0.436. The number of methoxy groups -OCH3 is 1. The van der Waals surface area contributed by atoms with Crippen molar-refractivity contribution in [3.05, 3.63) is 23.8 Å². The third-order valence-electron chi connectivity index (χ3n) is 4.44. The number of nitrogens with one attached hydrogen (secondary N) is 1. The molecule has 1 aliphatic heterocycles. The van der Waals surface area contributed by atoms with Crippen molar-refractivity contribution >= 4 is 5.91 Å². The van der Waals surface area contributed by atoms with Gasteiger partial charge < -0.3 is 40.3 Å². The minimum absolute atomic E-state index is 0.0286. The van der Waals surface area contributed by atoms with Gasteiger partial charge in [0.1, 0.15) is 18.3 Å². The lowest BCUT2D eigenvalue weighted by Gasteiger charge is -2.43. The lowest BCUT2D eigenvalue weighted by molar-refractivity contribution is -0.201. The maximum atomic E-state index is 11.4. The zero-order valence-electron chi connectivity index (χ0n) is 14.6. The molecule has 0 aromatic heterocycles. The molecule has 6 atom stereocenters. The van der Waals surface area contributed by atoms with Gasteiger partial charge in [-0.2, -0.15) is 0 Å². The van der Waals surface area contributed by atoms with Crippen molar-refractivity contribution in [1.82, 2.24) is 5.32 Å². The van der Waals surface area contributed by atoms with Crippen LogP contribution in [0.3, 0.4) is 0 Å². The third kappa shape index (κ3) is 4.43. The summed E-state index contributed by atoms with van der Waals surface area (Å²) < 4.78 is 10.6. The summed E-state index contributed by atoms with van der Waals surface area (Å²) in [6, 6.07) is 3.39. The minimum Gasteiger partial charge on any atom is -0.504 e. The molecule has 0 aliphatic carbocycles. The Labute approximate surface area is 150 Å². The van der Waals surface area contributed by atoms with Gasteiger partial charge in [0, 0.05) is 13.3 Å². The maximum Gasteiger partial charge on any atom is 0.217 e. The van der Waals surface area contributed by atoms with E-state index < -0.39 is 49.1 Å². The molecular formula is C17H25NO8. The fourth-order valence-electron chi connectivity index (χ4n) is 3.07. The molecule has 0 saturated carbocycles. The van der Waals surface area contributed by atoms with Gasteiger partial charge in [-0.25, -0.2) is 0 Å². The molecule has 0 spiro atoms. The summed E-state index contributed by atoms with van der Waals surface area (Å²) in [6.07, 6.45) is -5.73. The Kier molecular flexibility index (Phi) is 6.79. The summed E-state index contributed by atoms with van der Waals surface area (Å²) in [4.78, 5) is 11.4. The molecule has 2 rings (SSSR count). The van der Waals surface area contributed by atoms with E-state index >= 15 is 0 Å². The predicted octanol–water partition coefficient (Wildman–Crippen LogP) is -1.19. The highest BCUT2D eigenvalue weighted by Gasteiger charge is 2.45. The molecule has 6 N–H and O–H groups in total. The lowest BCUT2D eigenvalue weighted by atomic mass is 9.88. The Hall–Kier alpha value is -1.91. The first kappa shape index (κ1) is 20.4. The van der Waals surface area contributed by atoms with E-state index in [2.05, 4.69) is 5.32 Å². The van der Waals surface area contributed by atoms with Crippen LogP contribution in [0.25, 0.3) is 0 Å². The second kappa shape index (κ2) is 8.65. The van der Waals surface area contributed by atoms with E-state index in [9.17, 15) is 30.3 Å². The number of aromatic hydroxyl groups is 1. The van der Waals surface area contributed by atoms with Crippen molar-refractivity contribution in [2.24, 2.45) is 0 Å². The molecule has 9 heteroatoms. The van der Waals surface area contributed by atoms with E-state index in [-0.39, 0.29) is 17.9 Å². The van der Waals surface area contributed by atoms with Crippen LogP contribution < -0.4 is 10.1 Å². The first-order valence-corrected chi connectivity index (χ1v) is 8.23. The molecule has 146 valence electrons. The van der Waals surface area contributed by atoms with E-state index in [0.717, 1.165) is 0 Å². The molecule has 1 fully saturated rings. The number of aliphatic hydroxyl groups is 4. The van der Waals surface area contributed by atoms with Crippen molar-refractivity contribution < 1.29 is 39.8 Å². The number of ether oxygens (including phenoxy) is 2. The van der Waals surface area contributed by atoms with E-state index in [0.29, 0.717) is 5.56 Å². The van der Waals surface area contributed by atoms with Gasteiger partial charge >= 0.3 is 0 Å². The van der Waals surface area contributed by atoms with Crippen LogP contribution in [0.1, 0.15) is 25.0 Å². The minimum atomic E-state index is -1.38. The molecule has 1 aliphatic rings. The monoisotopic (exact) mass is 371 g/mol. The van der Waals surface area contributed by atoms with E-state index in [1.54, 1.807) is 0 Å². The largest absolute Gasteiger partial charge is 0.504 e. The number of aliphatic hydroxyl groups excluding tert-OH is 4. The molecule has 1 aromatic carbocycles. The van der Waals surface area contributed by atoms with Gasteiger partial charge in [-0.1, -0.05) is 6.07 Å². The Morgan fingerprint density at radius 1 is 1.31 bits per heavy atom. The zero-order chi connectivity index (χ0) is 19.4. The smallest absolute Gasteiger partial charge is 0.217 e.